The Hall–Kier alpha value is -4.06. The number of nitrogens with one attached hydrogen (secondary N) is 2. The van der Waals surface area contributed by atoms with Gasteiger partial charge in [-0.1, -0.05) is 44.2 Å². The number of cyclic esters (lactones) is 1. The van der Waals surface area contributed by atoms with Gasteiger partial charge in [0.05, 0.1) is 31.2 Å². The molecule has 1 aliphatic heterocycles. The molecular formula is C32H40N2O9S. The van der Waals surface area contributed by atoms with Crippen LogP contribution in [0.1, 0.15) is 51.2 Å². The van der Waals surface area contributed by atoms with Gasteiger partial charge >= 0.3 is 11.9 Å². The summed E-state index contributed by atoms with van der Waals surface area (Å²) >= 11 is 1.33. The smallest absolute Gasteiger partial charge is 0.306 e. The van der Waals surface area contributed by atoms with Gasteiger partial charge in [0.25, 0.3) is 0 Å². The van der Waals surface area contributed by atoms with E-state index in [9.17, 15) is 29.1 Å². The van der Waals surface area contributed by atoms with E-state index in [0.717, 1.165) is 5.56 Å². The van der Waals surface area contributed by atoms with E-state index in [4.69, 9.17) is 14.2 Å². The lowest BCUT2D eigenvalue weighted by atomic mass is 10.0. The van der Waals surface area contributed by atoms with E-state index in [2.05, 4.69) is 10.6 Å². The van der Waals surface area contributed by atoms with E-state index in [0.29, 0.717) is 42.3 Å². The van der Waals surface area contributed by atoms with Gasteiger partial charge < -0.3 is 30.0 Å². The van der Waals surface area contributed by atoms with E-state index in [1.807, 2.05) is 37.3 Å². The molecule has 0 aliphatic carbocycles. The number of benzene rings is 2. The minimum atomic E-state index is -1.24. The molecule has 238 valence electrons. The van der Waals surface area contributed by atoms with Crippen molar-refractivity contribution in [3.05, 3.63) is 59.7 Å². The van der Waals surface area contributed by atoms with Crippen molar-refractivity contribution in [1.82, 2.24) is 10.6 Å². The number of hydrogen-bond acceptors (Lipinski definition) is 9. The average Bonchev–Trinajstić information content (AvgIpc) is 3.40. The van der Waals surface area contributed by atoms with E-state index >= 15 is 0 Å². The summed E-state index contributed by atoms with van der Waals surface area (Å²) in [5.41, 5.74) is 1.55. The van der Waals surface area contributed by atoms with Gasteiger partial charge in [-0.15, -0.1) is 11.8 Å². The molecule has 3 N–H and O–H groups in total. The number of ketones is 1. The van der Waals surface area contributed by atoms with Crippen LogP contribution in [0.5, 0.6) is 11.5 Å². The molecule has 0 aromatic heterocycles. The van der Waals surface area contributed by atoms with E-state index in [-0.39, 0.29) is 36.8 Å². The van der Waals surface area contributed by atoms with Crippen molar-refractivity contribution in [3.8, 4) is 11.5 Å². The maximum atomic E-state index is 13.3. The summed E-state index contributed by atoms with van der Waals surface area (Å²) in [5, 5.41) is 14.7. The Morgan fingerprint density at radius 3 is 2.45 bits per heavy atom. The predicted molar refractivity (Wildman–Crippen MR) is 164 cm³/mol. The number of esters is 1. The first-order valence-electron chi connectivity index (χ1n) is 14.6. The summed E-state index contributed by atoms with van der Waals surface area (Å²) in [6, 6.07) is 12.3. The fourth-order valence-electron chi connectivity index (χ4n) is 4.53. The third kappa shape index (κ3) is 11.2. The maximum Gasteiger partial charge on any atom is 0.306 e. The van der Waals surface area contributed by atoms with Gasteiger partial charge in [0.1, 0.15) is 30.3 Å². The first kappa shape index (κ1) is 34.4. The maximum absolute atomic E-state index is 13.3. The second-order valence-electron chi connectivity index (χ2n) is 10.7. The Balaban J connectivity index is 1.62. The number of rotatable bonds is 18. The largest absolute Gasteiger partial charge is 0.494 e. The molecule has 1 heterocycles. The van der Waals surface area contributed by atoms with Crippen molar-refractivity contribution < 1.29 is 43.3 Å². The van der Waals surface area contributed by atoms with Crippen molar-refractivity contribution in [2.24, 2.45) is 5.92 Å². The molecule has 44 heavy (non-hydrogen) atoms. The van der Waals surface area contributed by atoms with Gasteiger partial charge in [-0.2, -0.15) is 0 Å². The molecule has 1 saturated heterocycles. The Bertz CT molecular complexity index is 1300. The van der Waals surface area contributed by atoms with Gasteiger partial charge in [-0.05, 0) is 43.0 Å². The van der Waals surface area contributed by atoms with Crippen LogP contribution >= 0.6 is 11.8 Å². The zero-order valence-corrected chi connectivity index (χ0v) is 26.0. The third-order valence-corrected chi connectivity index (χ3v) is 7.82. The number of amides is 2. The first-order valence-corrected chi connectivity index (χ1v) is 15.7. The van der Waals surface area contributed by atoms with E-state index in [1.165, 1.54) is 11.8 Å². The summed E-state index contributed by atoms with van der Waals surface area (Å²) in [5.74, 6) is -1.84. The molecule has 11 nitrogen and oxygen atoms in total. The van der Waals surface area contributed by atoms with Crippen molar-refractivity contribution in [2.45, 2.75) is 70.4 Å². The normalized spacial score (nSPS) is 15.6. The average molecular weight is 629 g/mol. The molecule has 0 radical (unpaired) electrons. The molecule has 2 aromatic rings. The van der Waals surface area contributed by atoms with Gasteiger partial charge in [0.15, 0.2) is 5.78 Å². The van der Waals surface area contributed by atoms with Gasteiger partial charge in [-0.25, -0.2) is 0 Å². The van der Waals surface area contributed by atoms with Crippen molar-refractivity contribution in [3.63, 3.8) is 0 Å². The number of Topliss-reactive ketones (excluding diaryl/α,β-unsaturated/α-hetero) is 1. The zero-order chi connectivity index (χ0) is 32.1. The van der Waals surface area contributed by atoms with Crippen LogP contribution in [0.2, 0.25) is 0 Å². The Morgan fingerprint density at radius 1 is 1.07 bits per heavy atom. The molecule has 0 saturated carbocycles. The minimum absolute atomic E-state index is 0.0214. The molecule has 0 bridgehead atoms. The van der Waals surface area contributed by atoms with E-state index in [1.54, 1.807) is 32.0 Å². The summed E-state index contributed by atoms with van der Waals surface area (Å²) in [4.78, 5) is 62.2. The molecule has 3 unspecified atom stereocenters. The number of carbonyl (C=O) groups is 5. The summed E-state index contributed by atoms with van der Waals surface area (Å²) < 4.78 is 16.7. The quantitative estimate of drug-likeness (QED) is 0.209. The van der Waals surface area contributed by atoms with E-state index < -0.39 is 42.1 Å². The third-order valence-electron chi connectivity index (χ3n) is 6.79. The lowest BCUT2D eigenvalue weighted by Gasteiger charge is -2.25. The highest BCUT2D eigenvalue weighted by Gasteiger charge is 2.30. The van der Waals surface area contributed by atoms with Crippen molar-refractivity contribution in [1.29, 1.82) is 0 Å². The highest BCUT2D eigenvalue weighted by atomic mass is 32.2. The SMILES string of the molecule is CCOc1ccc(OCC2CCC(=O)O2)cc1CC(=O)NC(C(=O)NC(CC(=O)O)C(=O)CSCc1ccccc1)C(C)C. The highest BCUT2D eigenvalue weighted by Crippen LogP contribution is 2.26. The lowest BCUT2D eigenvalue weighted by molar-refractivity contribution is -0.142. The molecular weight excluding hydrogens is 588 g/mol. The Morgan fingerprint density at radius 2 is 1.82 bits per heavy atom. The summed E-state index contributed by atoms with van der Waals surface area (Å²) in [6.45, 7) is 5.85. The topological polar surface area (TPSA) is 157 Å². The minimum Gasteiger partial charge on any atom is -0.494 e. The number of carboxylic acids is 1. The molecule has 0 spiro atoms. The number of carbonyl (C=O) groups excluding carboxylic acids is 4. The molecule has 1 aliphatic rings. The van der Waals surface area contributed by atoms with Crippen LogP contribution in [0, 0.1) is 5.92 Å². The number of carboxylic acid groups (broad SMARTS) is 1. The lowest BCUT2D eigenvalue weighted by Crippen LogP contribution is -2.54. The molecule has 3 atom stereocenters. The van der Waals surface area contributed by atoms with Crippen LogP contribution in [-0.2, 0) is 40.9 Å². The summed E-state index contributed by atoms with van der Waals surface area (Å²) in [7, 11) is 0. The first-order chi connectivity index (χ1) is 21.0. The predicted octanol–water partition coefficient (Wildman–Crippen LogP) is 3.32. The highest BCUT2D eigenvalue weighted by molar-refractivity contribution is 7.99. The number of hydrogen-bond donors (Lipinski definition) is 3. The van der Waals surface area contributed by atoms with Gasteiger partial charge in [-0.3, -0.25) is 24.0 Å². The van der Waals surface area contributed by atoms with Crippen LogP contribution in [0.4, 0.5) is 0 Å². The van der Waals surface area contributed by atoms with Crippen LogP contribution in [0.25, 0.3) is 0 Å². The molecule has 2 amide bonds. The fourth-order valence-corrected chi connectivity index (χ4v) is 5.46. The monoisotopic (exact) mass is 628 g/mol. The van der Waals surface area contributed by atoms with Gasteiger partial charge in [0, 0.05) is 17.7 Å². The van der Waals surface area contributed by atoms with Crippen LogP contribution < -0.4 is 20.1 Å². The fraction of sp³-hybridized carbons (Fsp3) is 0.469. The number of aliphatic carboxylic acids is 1. The zero-order valence-electron chi connectivity index (χ0n) is 25.2. The Labute approximate surface area is 261 Å². The van der Waals surface area contributed by atoms with Crippen molar-refractivity contribution >= 4 is 41.3 Å². The number of ether oxygens (including phenoxy) is 3. The van der Waals surface area contributed by atoms with Crippen LogP contribution in [-0.4, -0.2) is 71.8 Å². The molecule has 3 rings (SSSR count). The second-order valence-corrected chi connectivity index (χ2v) is 11.7. The van der Waals surface area contributed by atoms with Crippen LogP contribution in [0.3, 0.4) is 0 Å². The van der Waals surface area contributed by atoms with Gasteiger partial charge in [0.2, 0.25) is 11.8 Å². The molecule has 1 fully saturated rings. The number of thioether (sulfide) groups is 1. The second kappa shape index (κ2) is 17.3. The summed E-state index contributed by atoms with van der Waals surface area (Å²) in [6.07, 6.45) is -0.0963. The Kier molecular flexibility index (Phi) is 13.5. The van der Waals surface area contributed by atoms with Crippen molar-refractivity contribution in [2.75, 3.05) is 19.0 Å². The van der Waals surface area contributed by atoms with Crippen LogP contribution in [0.15, 0.2) is 48.5 Å². The molecule has 2 aromatic carbocycles. The molecule has 12 heteroatoms. The standard InChI is InChI=1S/C32H40N2O9S/c1-4-41-27-12-10-23(42-17-24-11-13-30(39)43-24)14-22(27)15-28(36)34-31(20(2)3)32(40)33-25(16-29(37)38)26(35)19-44-18-21-8-6-5-7-9-21/h5-10,12,14,20,24-25,31H,4,11,13,15-19H2,1-3H3,(H,33,40)(H,34,36)(H,37,38).